The highest BCUT2D eigenvalue weighted by molar-refractivity contribution is 5.85. The summed E-state index contributed by atoms with van der Waals surface area (Å²) in [6.45, 7) is 11.9. The molecule has 1 saturated heterocycles. The van der Waals surface area contributed by atoms with Gasteiger partial charge in [-0.05, 0) is 19.8 Å². The molecule has 0 spiro atoms. The van der Waals surface area contributed by atoms with Gasteiger partial charge in [-0.3, -0.25) is 9.69 Å². The molecule has 1 atom stereocenters. The largest absolute Gasteiger partial charge is 0.339 e. The lowest BCUT2D eigenvalue weighted by Gasteiger charge is -2.38. The van der Waals surface area contributed by atoms with Crippen LogP contribution in [0.1, 0.15) is 27.7 Å². The number of nitrogens with zero attached hydrogens (tertiary/aromatic N) is 2. The summed E-state index contributed by atoms with van der Waals surface area (Å²) in [6.07, 6.45) is 0. The van der Waals surface area contributed by atoms with Crippen molar-refractivity contribution in [1.82, 2.24) is 9.80 Å². The van der Waals surface area contributed by atoms with Crippen molar-refractivity contribution in [3.8, 4) is 0 Å². The first kappa shape index (κ1) is 20.3. The van der Waals surface area contributed by atoms with Gasteiger partial charge in [0, 0.05) is 32.2 Å². The summed E-state index contributed by atoms with van der Waals surface area (Å²) in [5.74, 6) is 0.328. The maximum Gasteiger partial charge on any atom is 0.239 e. The van der Waals surface area contributed by atoms with Gasteiger partial charge in [0.1, 0.15) is 0 Å². The average molecular weight is 300 g/mol. The molecule has 18 heavy (non-hydrogen) atoms. The second-order valence-electron chi connectivity index (χ2n) is 5.22. The van der Waals surface area contributed by atoms with E-state index in [1.807, 2.05) is 18.7 Å². The Balaban J connectivity index is 0. The molecule has 1 aliphatic rings. The highest BCUT2D eigenvalue weighted by Gasteiger charge is 2.27. The van der Waals surface area contributed by atoms with E-state index in [4.69, 9.17) is 5.73 Å². The number of carbonyl (C=O) groups is 1. The van der Waals surface area contributed by atoms with E-state index in [1.54, 1.807) is 0 Å². The van der Waals surface area contributed by atoms with E-state index in [0.717, 1.165) is 26.2 Å². The van der Waals surface area contributed by atoms with Crippen LogP contribution >= 0.6 is 24.8 Å². The number of amides is 1. The fraction of sp³-hybridized carbons (Fsp3) is 0.917. The SMILES string of the molecule is CC(C)C(N)C(=O)N1CCN(C(C)C)CC1.Cl.Cl. The molecule has 4 nitrogen and oxygen atoms in total. The van der Waals surface area contributed by atoms with Gasteiger partial charge in [-0.25, -0.2) is 0 Å². The van der Waals surface area contributed by atoms with Gasteiger partial charge in [-0.2, -0.15) is 0 Å². The van der Waals surface area contributed by atoms with E-state index < -0.39 is 0 Å². The average Bonchev–Trinajstić information content (AvgIpc) is 2.27. The Kier molecular flexibility index (Phi) is 10.1. The summed E-state index contributed by atoms with van der Waals surface area (Å²) < 4.78 is 0. The molecule has 1 amide bonds. The van der Waals surface area contributed by atoms with E-state index in [1.165, 1.54) is 0 Å². The third kappa shape index (κ3) is 5.31. The van der Waals surface area contributed by atoms with E-state index in [0.29, 0.717) is 6.04 Å². The number of rotatable bonds is 3. The Labute approximate surface area is 123 Å². The lowest BCUT2D eigenvalue weighted by atomic mass is 10.0. The molecular weight excluding hydrogens is 273 g/mol. The van der Waals surface area contributed by atoms with Gasteiger partial charge in [-0.1, -0.05) is 13.8 Å². The first-order valence-corrected chi connectivity index (χ1v) is 6.22. The molecule has 0 aromatic rings. The Morgan fingerprint density at radius 1 is 1.00 bits per heavy atom. The summed E-state index contributed by atoms with van der Waals surface area (Å²) in [6, 6.07) is 0.224. The van der Waals surface area contributed by atoms with Crippen LogP contribution in [-0.2, 0) is 4.79 Å². The molecule has 0 bridgehead atoms. The highest BCUT2D eigenvalue weighted by atomic mass is 35.5. The number of nitrogens with two attached hydrogens (primary N) is 1. The Morgan fingerprint density at radius 2 is 1.44 bits per heavy atom. The Hall–Kier alpha value is -0.0300. The van der Waals surface area contributed by atoms with Crippen LogP contribution in [0.15, 0.2) is 0 Å². The minimum absolute atomic E-state index is 0. The molecule has 110 valence electrons. The molecule has 0 saturated carbocycles. The minimum atomic E-state index is -0.342. The van der Waals surface area contributed by atoms with Gasteiger partial charge < -0.3 is 10.6 Å². The molecule has 1 unspecified atom stereocenters. The van der Waals surface area contributed by atoms with E-state index in [9.17, 15) is 4.79 Å². The topological polar surface area (TPSA) is 49.6 Å². The lowest BCUT2D eigenvalue weighted by molar-refractivity contribution is -0.135. The first-order valence-electron chi connectivity index (χ1n) is 6.22. The van der Waals surface area contributed by atoms with Gasteiger partial charge in [0.15, 0.2) is 0 Å². The molecule has 1 heterocycles. The second-order valence-corrected chi connectivity index (χ2v) is 5.22. The van der Waals surface area contributed by atoms with E-state index in [2.05, 4.69) is 18.7 Å². The van der Waals surface area contributed by atoms with Crippen molar-refractivity contribution in [3.05, 3.63) is 0 Å². The number of halogens is 2. The van der Waals surface area contributed by atoms with Crippen molar-refractivity contribution in [3.63, 3.8) is 0 Å². The van der Waals surface area contributed by atoms with Crippen molar-refractivity contribution in [2.75, 3.05) is 26.2 Å². The Morgan fingerprint density at radius 3 is 1.78 bits per heavy atom. The lowest BCUT2D eigenvalue weighted by Crippen LogP contribution is -2.55. The molecule has 0 radical (unpaired) electrons. The molecule has 1 aliphatic heterocycles. The van der Waals surface area contributed by atoms with Crippen LogP contribution in [0.3, 0.4) is 0 Å². The van der Waals surface area contributed by atoms with Gasteiger partial charge in [0.2, 0.25) is 5.91 Å². The van der Waals surface area contributed by atoms with Crippen molar-refractivity contribution in [2.45, 2.75) is 39.8 Å². The van der Waals surface area contributed by atoms with Crippen LogP contribution in [-0.4, -0.2) is 54.0 Å². The van der Waals surface area contributed by atoms with Crippen LogP contribution in [0.25, 0.3) is 0 Å². The van der Waals surface area contributed by atoms with Crippen molar-refractivity contribution < 1.29 is 4.79 Å². The molecule has 2 N–H and O–H groups in total. The van der Waals surface area contributed by atoms with Gasteiger partial charge >= 0.3 is 0 Å². The maximum absolute atomic E-state index is 12.0. The summed E-state index contributed by atoms with van der Waals surface area (Å²) in [7, 11) is 0. The van der Waals surface area contributed by atoms with E-state index >= 15 is 0 Å². The maximum atomic E-state index is 12.0. The third-order valence-corrected chi connectivity index (χ3v) is 3.36. The van der Waals surface area contributed by atoms with E-state index in [-0.39, 0.29) is 42.7 Å². The van der Waals surface area contributed by atoms with Crippen LogP contribution in [0.2, 0.25) is 0 Å². The zero-order chi connectivity index (χ0) is 12.3. The summed E-state index contributed by atoms with van der Waals surface area (Å²) in [4.78, 5) is 16.3. The summed E-state index contributed by atoms with van der Waals surface area (Å²) in [5.41, 5.74) is 5.88. The van der Waals surface area contributed by atoms with Crippen LogP contribution in [0.4, 0.5) is 0 Å². The predicted octanol–water partition coefficient (Wildman–Crippen LogP) is 1.37. The number of carbonyl (C=O) groups excluding carboxylic acids is 1. The molecule has 6 heteroatoms. The van der Waals surface area contributed by atoms with Crippen LogP contribution in [0.5, 0.6) is 0 Å². The zero-order valence-electron chi connectivity index (χ0n) is 11.8. The summed E-state index contributed by atoms with van der Waals surface area (Å²) in [5, 5.41) is 0. The molecule has 0 aromatic heterocycles. The molecule has 1 fully saturated rings. The third-order valence-electron chi connectivity index (χ3n) is 3.36. The zero-order valence-corrected chi connectivity index (χ0v) is 13.4. The standard InChI is InChI=1S/C12H25N3O.2ClH/c1-9(2)11(13)12(16)15-7-5-14(6-8-15)10(3)4;;/h9-11H,5-8,13H2,1-4H3;2*1H. The smallest absolute Gasteiger partial charge is 0.239 e. The van der Waals surface area contributed by atoms with Crippen molar-refractivity contribution in [2.24, 2.45) is 11.7 Å². The second kappa shape index (κ2) is 8.97. The molecule has 1 rings (SSSR count). The molecule has 0 aliphatic carbocycles. The normalized spacial score (nSPS) is 18.3. The monoisotopic (exact) mass is 299 g/mol. The fourth-order valence-corrected chi connectivity index (χ4v) is 1.95. The molecular formula is C12H27Cl2N3O. The number of hydrogen-bond acceptors (Lipinski definition) is 3. The predicted molar refractivity (Wildman–Crippen MR) is 80.6 cm³/mol. The van der Waals surface area contributed by atoms with Gasteiger partial charge in [0.25, 0.3) is 0 Å². The van der Waals surface area contributed by atoms with Gasteiger partial charge in [0.05, 0.1) is 6.04 Å². The Bertz CT molecular complexity index is 241. The number of piperazine rings is 1. The highest BCUT2D eigenvalue weighted by Crippen LogP contribution is 2.09. The van der Waals surface area contributed by atoms with Crippen molar-refractivity contribution in [1.29, 1.82) is 0 Å². The van der Waals surface area contributed by atoms with Crippen LogP contribution < -0.4 is 5.73 Å². The van der Waals surface area contributed by atoms with Gasteiger partial charge in [-0.15, -0.1) is 24.8 Å². The van der Waals surface area contributed by atoms with Crippen LogP contribution in [0, 0.1) is 5.92 Å². The fourth-order valence-electron chi connectivity index (χ4n) is 1.95. The first-order chi connectivity index (χ1) is 7.43. The summed E-state index contributed by atoms with van der Waals surface area (Å²) >= 11 is 0. The number of hydrogen-bond donors (Lipinski definition) is 1. The molecule has 0 aromatic carbocycles. The van der Waals surface area contributed by atoms with Crippen molar-refractivity contribution >= 4 is 30.7 Å². The quantitative estimate of drug-likeness (QED) is 0.856. The minimum Gasteiger partial charge on any atom is -0.339 e.